The van der Waals surface area contributed by atoms with E-state index in [-0.39, 0.29) is 11.1 Å². The largest absolute Gasteiger partial charge is 0.497 e. The Morgan fingerprint density at radius 1 is 1.17 bits per heavy atom. The van der Waals surface area contributed by atoms with Crippen molar-refractivity contribution in [2.45, 2.75) is 58.0 Å². The molecule has 3 nitrogen and oxygen atoms in total. The zero-order chi connectivity index (χ0) is 17.5. The Kier molecular flexibility index (Phi) is 7.51. The first-order valence-electron chi connectivity index (χ1n) is 8.19. The normalized spacial score (nSPS) is 13.7. The molecule has 0 aliphatic heterocycles. The van der Waals surface area contributed by atoms with Gasteiger partial charge in [-0.05, 0) is 42.2 Å². The molecule has 0 radical (unpaired) electrons. The zero-order valence-corrected chi connectivity index (χ0v) is 16.5. The van der Waals surface area contributed by atoms with Gasteiger partial charge in [0.1, 0.15) is 5.75 Å². The van der Waals surface area contributed by atoms with Crippen molar-refractivity contribution >= 4 is 8.32 Å². The molecule has 1 aromatic carbocycles. The first kappa shape index (κ1) is 19.9. The molecular formula is C19H32O3Si. The maximum absolute atomic E-state index is 6.44. The van der Waals surface area contributed by atoms with Gasteiger partial charge in [0.05, 0.1) is 26.4 Å². The number of hydrogen-bond donors (Lipinski definition) is 0. The lowest BCUT2D eigenvalue weighted by atomic mass is 10.2. The van der Waals surface area contributed by atoms with Gasteiger partial charge in [0.15, 0.2) is 8.32 Å². The van der Waals surface area contributed by atoms with Crippen molar-refractivity contribution in [1.29, 1.82) is 0 Å². The summed E-state index contributed by atoms with van der Waals surface area (Å²) in [7, 11) is -0.121. The van der Waals surface area contributed by atoms with Crippen LogP contribution in [0.25, 0.3) is 0 Å². The van der Waals surface area contributed by atoms with Gasteiger partial charge in [-0.25, -0.2) is 0 Å². The van der Waals surface area contributed by atoms with Crippen LogP contribution in [0, 0.1) is 0 Å². The second kappa shape index (κ2) is 8.67. The molecule has 0 saturated heterocycles. The molecule has 1 aromatic rings. The maximum Gasteiger partial charge on any atom is 0.192 e. The fourth-order valence-corrected chi connectivity index (χ4v) is 3.31. The molecule has 0 aliphatic carbocycles. The number of benzene rings is 1. The highest BCUT2D eigenvalue weighted by molar-refractivity contribution is 6.74. The Morgan fingerprint density at radius 2 is 1.78 bits per heavy atom. The quantitative estimate of drug-likeness (QED) is 0.459. The van der Waals surface area contributed by atoms with Crippen LogP contribution in [0.2, 0.25) is 18.1 Å². The lowest BCUT2D eigenvalue weighted by molar-refractivity contribution is 0.0359. The van der Waals surface area contributed by atoms with Gasteiger partial charge in [0.2, 0.25) is 0 Å². The van der Waals surface area contributed by atoms with Gasteiger partial charge in [-0.2, -0.15) is 0 Å². The molecular weight excluding hydrogens is 304 g/mol. The van der Waals surface area contributed by atoms with Crippen molar-refractivity contribution < 1.29 is 13.9 Å². The summed E-state index contributed by atoms with van der Waals surface area (Å²) in [5.41, 5.74) is 1.13. The summed E-state index contributed by atoms with van der Waals surface area (Å²) >= 11 is 0. The lowest BCUT2D eigenvalue weighted by Gasteiger charge is -2.39. The zero-order valence-electron chi connectivity index (χ0n) is 15.5. The smallest absolute Gasteiger partial charge is 0.192 e. The number of hydrogen-bond acceptors (Lipinski definition) is 3. The third kappa shape index (κ3) is 6.49. The summed E-state index contributed by atoms with van der Waals surface area (Å²) < 4.78 is 17.5. The van der Waals surface area contributed by atoms with Crippen LogP contribution < -0.4 is 4.74 Å². The summed E-state index contributed by atoms with van der Waals surface area (Å²) in [6.07, 6.45) is 2.80. The Morgan fingerprint density at radius 3 is 2.26 bits per heavy atom. The molecule has 0 heterocycles. The summed E-state index contributed by atoms with van der Waals surface area (Å²) in [5, 5.41) is 0.197. The number of rotatable bonds is 9. The molecule has 0 spiro atoms. The standard InChI is InChI=1S/C19H32O3Si/c1-8-9-18(22-23(6,7)19(2,3)4)15-21-14-16-10-12-17(20-5)13-11-16/h8,10-13,18H,1,9,14-15H2,2-7H3/t18-/m0/s1. The van der Waals surface area contributed by atoms with Gasteiger partial charge in [-0.1, -0.05) is 39.0 Å². The van der Waals surface area contributed by atoms with E-state index < -0.39 is 8.32 Å². The van der Waals surface area contributed by atoms with E-state index in [4.69, 9.17) is 13.9 Å². The highest BCUT2D eigenvalue weighted by Gasteiger charge is 2.38. The molecule has 0 fully saturated rings. The molecule has 0 bridgehead atoms. The number of methoxy groups -OCH3 is 1. The van der Waals surface area contributed by atoms with Crippen molar-refractivity contribution in [3.63, 3.8) is 0 Å². The van der Waals surface area contributed by atoms with E-state index in [1.807, 2.05) is 30.3 Å². The molecule has 0 unspecified atom stereocenters. The van der Waals surface area contributed by atoms with Crippen LogP contribution in [0.15, 0.2) is 36.9 Å². The number of ether oxygens (including phenoxy) is 2. The monoisotopic (exact) mass is 336 g/mol. The van der Waals surface area contributed by atoms with Crippen molar-refractivity contribution in [2.75, 3.05) is 13.7 Å². The van der Waals surface area contributed by atoms with Crippen molar-refractivity contribution in [3.8, 4) is 5.75 Å². The van der Waals surface area contributed by atoms with Crippen LogP contribution in [0.3, 0.4) is 0 Å². The van der Waals surface area contributed by atoms with Crippen LogP contribution in [-0.4, -0.2) is 28.1 Å². The van der Waals surface area contributed by atoms with Gasteiger partial charge in [0, 0.05) is 0 Å². The van der Waals surface area contributed by atoms with E-state index >= 15 is 0 Å². The average molecular weight is 337 g/mol. The molecule has 4 heteroatoms. The summed E-state index contributed by atoms with van der Waals surface area (Å²) in [5.74, 6) is 0.861. The van der Waals surface area contributed by atoms with Crippen molar-refractivity contribution in [3.05, 3.63) is 42.5 Å². The lowest BCUT2D eigenvalue weighted by Crippen LogP contribution is -2.45. The minimum atomic E-state index is -1.79. The highest BCUT2D eigenvalue weighted by Crippen LogP contribution is 2.37. The van der Waals surface area contributed by atoms with E-state index in [9.17, 15) is 0 Å². The predicted octanol–water partition coefficient (Wildman–Crippen LogP) is 5.18. The van der Waals surface area contributed by atoms with Crippen LogP contribution in [-0.2, 0) is 15.8 Å². The van der Waals surface area contributed by atoms with Gasteiger partial charge >= 0.3 is 0 Å². The van der Waals surface area contributed by atoms with Gasteiger partial charge in [0.25, 0.3) is 0 Å². The fourth-order valence-electron chi connectivity index (χ4n) is 1.96. The molecule has 130 valence electrons. The summed E-state index contributed by atoms with van der Waals surface area (Å²) in [4.78, 5) is 0. The van der Waals surface area contributed by atoms with Crippen LogP contribution >= 0.6 is 0 Å². The van der Waals surface area contributed by atoms with Gasteiger partial charge in [-0.3, -0.25) is 0 Å². The molecule has 23 heavy (non-hydrogen) atoms. The molecule has 1 atom stereocenters. The Bertz CT molecular complexity index is 474. The van der Waals surface area contributed by atoms with Crippen molar-refractivity contribution in [2.24, 2.45) is 0 Å². The van der Waals surface area contributed by atoms with Crippen LogP contribution in [0.1, 0.15) is 32.8 Å². The Hall–Kier alpha value is -1.10. The molecule has 0 amide bonds. The first-order chi connectivity index (χ1) is 10.7. The van der Waals surface area contributed by atoms with E-state index in [0.717, 1.165) is 17.7 Å². The first-order valence-corrected chi connectivity index (χ1v) is 11.1. The Balaban J connectivity index is 2.54. The second-order valence-electron chi connectivity index (χ2n) is 7.39. The molecule has 0 N–H and O–H groups in total. The summed E-state index contributed by atoms with van der Waals surface area (Å²) in [6.45, 7) is 16.3. The highest BCUT2D eigenvalue weighted by atomic mass is 28.4. The fraction of sp³-hybridized carbons (Fsp3) is 0.579. The third-order valence-electron chi connectivity index (χ3n) is 4.43. The van der Waals surface area contributed by atoms with E-state index in [2.05, 4.69) is 40.4 Å². The van der Waals surface area contributed by atoms with E-state index in [1.54, 1.807) is 7.11 Å². The van der Waals surface area contributed by atoms with Gasteiger partial charge in [-0.15, -0.1) is 6.58 Å². The van der Waals surface area contributed by atoms with Crippen molar-refractivity contribution in [1.82, 2.24) is 0 Å². The SMILES string of the molecule is C=CC[C@@H](COCc1ccc(OC)cc1)O[Si](C)(C)C(C)(C)C. The molecule has 0 saturated carbocycles. The third-order valence-corrected chi connectivity index (χ3v) is 8.96. The topological polar surface area (TPSA) is 27.7 Å². The molecule has 0 aromatic heterocycles. The molecule has 1 rings (SSSR count). The minimum Gasteiger partial charge on any atom is -0.497 e. The van der Waals surface area contributed by atoms with E-state index in [1.165, 1.54) is 0 Å². The van der Waals surface area contributed by atoms with E-state index in [0.29, 0.717) is 13.2 Å². The predicted molar refractivity (Wildman–Crippen MR) is 99.5 cm³/mol. The second-order valence-corrected chi connectivity index (χ2v) is 12.1. The van der Waals surface area contributed by atoms with Crippen LogP contribution in [0.4, 0.5) is 0 Å². The summed E-state index contributed by atoms with van der Waals surface area (Å²) in [6, 6.07) is 7.95. The Labute approximate surface area is 142 Å². The minimum absolute atomic E-state index is 0.0756. The van der Waals surface area contributed by atoms with Crippen LogP contribution in [0.5, 0.6) is 5.75 Å². The maximum atomic E-state index is 6.44. The molecule has 0 aliphatic rings. The average Bonchev–Trinajstić information content (AvgIpc) is 2.46. The van der Waals surface area contributed by atoms with Gasteiger partial charge < -0.3 is 13.9 Å².